The zero-order valence-corrected chi connectivity index (χ0v) is 19.2. The van der Waals surface area contributed by atoms with E-state index in [0.29, 0.717) is 21.6 Å². The normalized spacial score (nSPS) is 19.7. The Morgan fingerprint density at radius 1 is 1.26 bits per heavy atom. The Balaban J connectivity index is 1.52. The number of nitrogens with zero attached hydrogens (tertiary/aromatic N) is 2. The Hall–Kier alpha value is -2.51. The van der Waals surface area contributed by atoms with Crippen LogP contribution >= 0.6 is 23.4 Å². The molecule has 6 nitrogen and oxygen atoms in total. The van der Waals surface area contributed by atoms with Crippen molar-refractivity contribution in [1.82, 2.24) is 4.90 Å². The van der Waals surface area contributed by atoms with E-state index in [1.807, 2.05) is 26.0 Å². The van der Waals surface area contributed by atoms with Crippen LogP contribution in [0.2, 0.25) is 5.02 Å². The molecule has 162 valence electrons. The molecule has 0 aromatic heterocycles. The number of hydrogen-bond donors (Lipinski definition) is 1. The van der Waals surface area contributed by atoms with E-state index in [4.69, 9.17) is 21.3 Å². The third kappa shape index (κ3) is 4.88. The van der Waals surface area contributed by atoms with Crippen LogP contribution in [0.1, 0.15) is 30.4 Å². The Labute approximate surface area is 191 Å². The molecule has 2 aliphatic rings. The Kier molecular flexibility index (Phi) is 6.25. The van der Waals surface area contributed by atoms with E-state index >= 15 is 0 Å². The molecule has 2 aromatic carbocycles. The minimum atomic E-state index is -0.504. The molecule has 2 fully saturated rings. The Bertz CT molecular complexity index is 1070. The summed E-state index contributed by atoms with van der Waals surface area (Å²) >= 11 is 7.41. The van der Waals surface area contributed by atoms with E-state index in [1.165, 1.54) is 24.4 Å². The maximum atomic E-state index is 13.1. The Morgan fingerprint density at radius 3 is 2.71 bits per heavy atom. The number of amidine groups is 1. The third-order valence-corrected chi connectivity index (χ3v) is 6.64. The fourth-order valence-electron chi connectivity index (χ4n) is 3.54. The number of halogens is 1. The highest BCUT2D eigenvalue weighted by atomic mass is 35.5. The van der Waals surface area contributed by atoms with E-state index in [0.717, 1.165) is 24.1 Å². The summed E-state index contributed by atoms with van der Waals surface area (Å²) < 4.78 is 5.28. The van der Waals surface area contributed by atoms with Gasteiger partial charge in [-0.2, -0.15) is 0 Å². The fourth-order valence-corrected chi connectivity index (χ4v) is 4.92. The first-order chi connectivity index (χ1) is 14.9. The summed E-state index contributed by atoms with van der Waals surface area (Å²) in [4.78, 5) is 32.4. The second kappa shape index (κ2) is 8.93. The summed E-state index contributed by atoms with van der Waals surface area (Å²) in [6.07, 6.45) is 1.99. The van der Waals surface area contributed by atoms with Crippen LogP contribution in [0.15, 0.2) is 41.4 Å². The summed E-state index contributed by atoms with van der Waals surface area (Å²) in [6, 6.07) is 11.3. The lowest BCUT2D eigenvalue weighted by Crippen LogP contribution is -2.35. The van der Waals surface area contributed by atoms with Gasteiger partial charge in [0.15, 0.2) is 5.17 Å². The number of nitrogens with one attached hydrogen (secondary N) is 1. The third-order valence-electron chi connectivity index (χ3n) is 5.25. The van der Waals surface area contributed by atoms with Crippen molar-refractivity contribution < 1.29 is 14.3 Å². The summed E-state index contributed by atoms with van der Waals surface area (Å²) in [7, 11) is 1.53. The van der Waals surface area contributed by atoms with Gasteiger partial charge in [0.25, 0.3) is 0 Å². The standard InChI is InChI=1S/C23H24ClN3O3S/c1-13-4-8-17(14(2)10-13)26-23-27(16-6-7-16)22(29)20(31-23)12-21(28)25-18-11-15(24)5-9-19(18)30-3/h4-5,8-11,16,20H,6-7,12H2,1-3H3,(H,25,28). The zero-order valence-electron chi connectivity index (χ0n) is 17.6. The average molecular weight is 458 g/mol. The smallest absolute Gasteiger partial charge is 0.242 e. The number of methoxy groups -OCH3 is 1. The van der Waals surface area contributed by atoms with Crippen LogP contribution < -0.4 is 10.1 Å². The van der Waals surface area contributed by atoms with Gasteiger partial charge in [0.1, 0.15) is 11.0 Å². The predicted molar refractivity (Wildman–Crippen MR) is 126 cm³/mol. The maximum Gasteiger partial charge on any atom is 0.242 e. The van der Waals surface area contributed by atoms with Crippen LogP contribution in [0, 0.1) is 13.8 Å². The van der Waals surface area contributed by atoms with Gasteiger partial charge in [-0.15, -0.1) is 0 Å². The van der Waals surface area contributed by atoms with E-state index in [-0.39, 0.29) is 24.3 Å². The number of amides is 2. The lowest BCUT2D eigenvalue weighted by atomic mass is 10.1. The molecule has 8 heteroatoms. The molecule has 1 heterocycles. The topological polar surface area (TPSA) is 71.0 Å². The quantitative estimate of drug-likeness (QED) is 0.656. The van der Waals surface area contributed by atoms with Crippen LogP contribution in [-0.4, -0.2) is 40.3 Å². The van der Waals surface area contributed by atoms with E-state index in [1.54, 1.807) is 23.1 Å². The second-order valence-electron chi connectivity index (χ2n) is 7.83. The van der Waals surface area contributed by atoms with Gasteiger partial charge in [-0.25, -0.2) is 4.99 Å². The summed E-state index contributed by atoms with van der Waals surface area (Å²) in [5.41, 5.74) is 3.56. The highest BCUT2D eigenvalue weighted by Crippen LogP contribution is 2.40. The van der Waals surface area contributed by atoms with Gasteiger partial charge >= 0.3 is 0 Å². The van der Waals surface area contributed by atoms with Crippen LogP contribution in [0.3, 0.4) is 0 Å². The van der Waals surface area contributed by atoms with Crippen molar-refractivity contribution in [3.8, 4) is 5.75 Å². The van der Waals surface area contributed by atoms with Crippen molar-refractivity contribution >= 4 is 51.7 Å². The average Bonchev–Trinajstić information content (AvgIpc) is 3.50. The first-order valence-electron chi connectivity index (χ1n) is 10.1. The largest absolute Gasteiger partial charge is 0.495 e. The van der Waals surface area contributed by atoms with Gasteiger partial charge in [0, 0.05) is 17.5 Å². The molecular weight excluding hydrogens is 434 g/mol. The number of ether oxygens (including phenoxy) is 1. The van der Waals surface area contributed by atoms with Gasteiger partial charge < -0.3 is 10.1 Å². The number of anilines is 1. The van der Waals surface area contributed by atoms with Crippen LogP contribution in [0.5, 0.6) is 5.75 Å². The molecule has 1 unspecified atom stereocenters. The van der Waals surface area contributed by atoms with Crippen molar-refractivity contribution in [1.29, 1.82) is 0 Å². The van der Waals surface area contributed by atoms with E-state index in [2.05, 4.69) is 11.4 Å². The molecule has 2 aromatic rings. The summed E-state index contributed by atoms with van der Waals surface area (Å²) in [5, 5.41) is 3.48. The van der Waals surface area contributed by atoms with Gasteiger partial charge in [-0.1, -0.05) is 41.1 Å². The predicted octanol–water partition coefficient (Wildman–Crippen LogP) is 5.09. The maximum absolute atomic E-state index is 13.1. The molecule has 1 atom stereocenters. The highest BCUT2D eigenvalue weighted by molar-refractivity contribution is 8.15. The number of benzene rings is 2. The minimum Gasteiger partial charge on any atom is -0.495 e. The van der Waals surface area contributed by atoms with Crippen LogP contribution in [0.25, 0.3) is 0 Å². The first-order valence-corrected chi connectivity index (χ1v) is 11.4. The molecule has 0 bridgehead atoms. The molecule has 31 heavy (non-hydrogen) atoms. The van der Waals surface area contributed by atoms with E-state index in [9.17, 15) is 9.59 Å². The summed E-state index contributed by atoms with van der Waals surface area (Å²) in [6.45, 7) is 4.05. The minimum absolute atomic E-state index is 0.0499. The molecule has 4 rings (SSSR count). The Morgan fingerprint density at radius 2 is 2.03 bits per heavy atom. The lowest BCUT2D eigenvalue weighted by Gasteiger charge is -2.16. The number of hydrogen-bond acceptors (Lipinski definition) is 5. The first kappa shape index (κ1) is 21.7. The van der Waals surface area contributed by atoms with Crippen molar-refractivity contribution in [3.05, 3.63) is 52.5 Å². The van der Waals surface area contributed by atoms with Crippen molar-refractivity contribution in [2.45, 2.75) is 44.4 Å². The molecule has 1 aliphatic heterocycles. The molecule has 0 spiro atoms. The van der Waals surface area contributed by atoms with Gasteiger partial charge in [-0.05, 0) is 56.5 Å². The molecule has 2 amide bonds. The molecule has 1 saturated heterocycles. The number of rotatable bonds is 6. The summed E-state index contributed by atoms with van der Waals surface area (Å²) in [5.74, 6) is 0.194. The molecule has 1 N–H and O–H groups in total. The molecule has 1 aliphatic carbocycles. The molecule has 1 saturated carbocycles. The van der Waals surface area contributed by atoms with Crippen molar-refractivity contribution in [2.75, 3.05) is 12.4 Å². The van der Waals surface area contributed by atoms with Crippen molar-refractivity contribution in [2.24, 2.45) is 4.99 Å². The molecule has 0 radical (unpaired) electrons. The number of thioether (sulfide) groups is 1. The van der Waals surface area contributed by atoms with E-state index < -0.39 is 5.25 Å². The highest BCUT2D eigenvalue weighted by Gasteiger charge is 2.46. The number of carbonyl (C=O) groups excluding carboxylic acids is 2. The fraction of sp³-hybridized carbons (Fsp3) is 0.348. The molecular formula is C23H24ClN3O3S. The number of aliphatic imine (C=N–C) groups is 1. The van der Waals surface area contributed by atoms with Gasteiger partial charge in [0.05, 0.1) is 18.5 Å². The number of carbonyl (C=O) groups is 2. The lowest BCUT2D eigenvalue weighted by molar-refractivity contribution is -0.128. The second-order valence-corrected chi connectivity index (χ2v) is 9.43. The van der Waals surface area contributed by atoms with Gasteiger partial charge in [-0.3, -0.25) is 14.5 Å². The van der Waals surface area contributed by atoms with Crippen molar-refractivity contribution in [3.63, 3.8) is 0 Å². The van der Waals surface area contributed by atoms with Gasteiger partial charge in [0.2, 0.25) is 11.8 Å². The monoisotopic (exact) mass is 457 g/mol. The van der Waals surface area contributed by atoms with Crippen LogP contribution in [-0.2, 0) is 9.59 Å². The van der Waals surface area contributed by atoms with Crippen LogP contribution in [0.4, 0.5) is 11.4 Å². The number of aryl methyl sites for hydroxylation is 2. The zero-order chi connectivity index (χ0) is 22.1. The SMILES string of the molecule is COc1ccc(Cl)cc1NC(=O)CC1SC(=Nc2ccc(C)cc2C)N(C2CC2)C1=O.